The van der Waals surface area contributed by atoms with Gasteiger partial charge in [0.05, 0.1) is 0 Å². The molecule has 1 heterocycles. The molecule has 1 fully saturated rings. The van der Waals surface area contributed by atoms with Crippen molar-refractivity contribution in [3.8, 4) is 0 Å². The van der Waals surface area contributed by atoms with Crippen LogP contribution in [0.3, 0.4) is 0 Å². The Labute approximate surface area is 84.3 Å². The summed E-state index contributed by atoms with van der Waals surface area (Å²) in [5.41, 5.74) is 2.13. The zero-order valence-electron chi connectivity index (χ0n) is 8.52. The van der Waals surface area contributed by atoms with E-state index in [1.54, 1.807) is 6.07 Å². The van der Waals surface area contributed by atoms with E-state index in [0.717, 1.165) is 31.5 Å². The molecular weight excluding hydrogens is 177 g/mol. The number of hydrogen-bond donors (Lipinski definition) is 1. The molecule has 0 spiro atoms. The van der Waals surface area contributed by atoms with Crippen molar-refractivity contribution in [2.45, 2.75) is 25.7 Å². The molecule has 1 aromatic rings. The first-order chi connectivity index (χ1) is 6.81. The zero-order chi connectivity index (χ0) is 9.97. The zero-order valence-corrected chi connectivity index (χ0v) is 8.52. The monoisotopic (exact) mass is 193 g/mol. The molecule has 0 radical (unpaired) electrons. The Morgan fingerprint density at radius 2 is 2.36 bits per heavy atom. The smallest absolute Gasteiger partial charge is 0.126 e. The van der Waals surface area contributed by atoms with Gasteiger partial charge in [0.15, 0.2) is 0 Å². The van der Waals surface area contributed by atoms with E-state index in [-0.39, 0.29) is 5.82 Å². The fourth-order valence-electron chi connectivity index (χ4n) is 2.05. The minimum atomic E-state index is -0.0455. The molecule has 1 nitrogen and oxygen atoms in total. The number of nitrogens with one attached hydrogen (secondary N) is 1. The minimum Gasteiger partial charge on any atom is -0.316 e. The minimum absolute atomic E-state index is 0.0455. The normalized spacial score (nSPS) is 21.4. The summed E-state index contributed by atoms with van der Waals surface area (Å²) >= 11 is 0. The third-order valence-electron chi connectivity index (χ3n) is 2.97. The number of hydrogen-bond acceptors (Lipinski definition) is 1. The maximum absolute atomic E-state index is 13.5. The Hall–Kier alpha value is -0.890. The summed E-state index contributed by atoms with van der Waals surface area (Å²) in [5.74, 6) is 0.331. The van der Waals surface area contributed by atoms with Gasteiger partial charge in [-0.3, -0.25) is 0 Å². The van der Waals surface area contributed by atoms with Crippen LogP contribution in [-0.4, -0.2) is 13.1 Å². The molecule has 0 amide bonds. The predicted molar refractivity (Wildman–Crippen MR) is 56.0 cm³/mol. The van der Waals surface area contributed by atoms with Crippen molar-refractivity contribution in [1.29, 1.82) is 0 Å². The van der Waals surface area contributed by atoms with Crippen LogP contribution < -0.4 is 5.32 Å². The summed E-state index contributed by atoms with van der Waals surface area (Å²) < 4.78 is 13.5. The Bertz CT molecular complexity index is 316. The fourth-order valence-corrected chi connectivity index (χ4v) is 2.05. The summed E-state index contributed by atoms with van der Waals surface area (Å²) in [4.78, 5) is 0. The summed E-state index contributed by atoms with van der Waals surface area (Å²) in [6.07, 6.45) is 2.04. The second-order valence-electron chi connectivity index (χ2n) is 3.90. The van der Waals surface area contributed by atoms with Crippen molar-refractivity contribution < 1.29 is 4.39 Å². The van der Waals surface area contributed by atoms with Crippen LogP contribution in [0.15, 0.2) is 18.2 Å². The first-order valence-corrected chi connectivity index (χ1v) is 5.30. The molecule has 1 atom stereocenters. The van der Waals surface area contributed by atoms with E-state index in [1.165, 1.54) is 5.56 Å². The highest BCUT2D eigenvalue weighted by molar-refractivity contribution is 5.29. The van der Waals surface area contributed by atoms with Gasteiger partial charge in [-0.2, -0.15) is 0 Å². The van der Waals surface area contributed by atoms with E-state index in [4.69, 9.17) is 0 Å². The lowest BCUT2D eigenvalue weighted by molar-refractivity contribution is 0.587. The predicted octanol–water partition coefficient (Wildman–Crippen LogP) is 2.47. The lowest BCUT2D eigenvalue weighted by atomic mass is 9.95. The first-order valence-electron chi connectivity index (χ1n) is 5.30. The van der Waals surface area contributed by atoms with Gasteiger partial charge < -0.3 is 5.32 Å². The third kappa shape index (κ3) is 1.80. The molecule has 2 rings (SSSR count). The van der Waals surface area contributed by atoms with Crippen molar-refractivity contribution in [3.63, 3.8) is 0 Å². The molecule has 0 saturated carbocycles. The summed E-state index contributed by atoms with van der Waals surface area (Å²) in [7, 11) is 0. The Morgan fingerprint density at radius 1 is 1.50 bits per heavy atom. The molecule has 1 N–H and O–H groups in total. The standard InChI is InChI=1S/C12H16FN/c1-2-9-3-4-12(13)11(7-9)10-5-6-14-8-10/h3-4,7,10,14H,2,5-6,8H2,1H3. The van der Waals surface area contributed by atoms with Gasteiger partial charge in [0, 0.05) is 12.5 Å². The van der Waals surface area contributed by atoms with Gasteiger partial charge in [-0.15, -0.1) is 0 Å². The van der Waals surface area contributed by atoms with E-state index in [0.29, 0.717) is 5.92 Å². The van der Waals surface area contributed by atoms with Crippen LogP contribution >= 0.6 is 0 Å². The maximum Gasteiger partial charge on any atom is 0.126 e. The van der Waals surface area contributed by atoms with Gasteiger partial charge in [-0.25, -0.2) is 4.39 Å². The molecule has 1 saturated heterocycles. The van der Waals surface area contributed by atoms with Gasteiger partial charge in [0.1, 0.15) is 5.82 Å². The van der Waals surface area contributed by atoms with Gasteiger partial charge in [0.2, 0.25) is 0 Å². The quantitative estimate of drug-likeness (QED) is 0.760. The van der Waals surface area contributed by atoms with Crippen molar-refractivity contribution in [1.82, 2.24) is 5.32 Å². The average molecular weight is 193 g/mol. The summed E-state index contributed by atoms with van der Waals surface area (Å²) in [6.45, 7) is 4.04. The third-order valence-corrected chi connectivity index (χ3v) is 2.97. The van der Waals surface area contributed by atoms with Crippen molar-refractivity contribution in [2.75, 3.05) is 13.1 Å². The van der Waals surface area contributed by atoms with Gasteiger partial charge in [-0.1, -0.05) is 19.1 Å². The van der Waals surface area contributed by atoms with E-state index in [1.807, 2.05) is 12.1 Å². The van der Waals surface area contributed by atoms with Crippen LogP contribution in [-0.2, 0) is 6.42 Å². The number of halogens is 1. The number of rotatable bonds is 2. The molecule has 0 aromatic heterocycles. The second kappa shape index (κ2) is 4.09. The van der Waals surface area contributed by atoms with E-state index in [9.17, 15) is 4.39 Å². The highest BCUT2D eigenvalue weighted by atomic mass is 19.1. The number of benzene rings is 1. The topological polar surface area (TPSA) is 12.0 Å². The molecule has 1 aliphatic heterocycles. The van der Waals surface area contributed by atoms with Crippen LogP contribution in [0.25, 0.3) is 0 Å². The molecule has 0 bridgehead atoms. The van der Waals surface area contributed by atoms with Gasteiger partial charge in [0.25, 0.3) is 0 Å². The van der Waals surface area contributed by atoms with Crippen molar-refractivity contribution in [3.05, 3.63) is 35.1 Å². The van der Waals surface area contributed by atoms with Crippen molar-refractivity contribution in [2.24, 2.45) is 0 Å². The van der Waals surface area contributed by atoms with Crippen LogP contribution in [0.5, 0.6) is 0 Å². The lowest BCUT2D eigenvalue weighted by Crippen LogP contribution is -2.09. The number of aryl methyl sites for hydroxylation is 1. The average Bonchev–Trinajstić information content (AvgIpc) is 2.71. The maximum atomic E-state index is 13.5. The van der Waals surface area contributed by atoms with Crippen LogP contribution in [0, 0.1) is 5.82 Å². The van der Waals surface area contributed by atoms with Gasteiger partial charge >= 0.3 is 0 Å². The Morgan fingerprint density at radius 3 is 3.00 bits per heavy atom. The Balaban J connectivity index is 2.29. The summed E-state index contributed by atoms with van der Waals surface area (Å²) in [5, 5.41) is 3.27. The SMILES string of the molecule is CCc1ccc(F)c(C2CCNC2)c1. The Kier molecular flexibility index (Phi) is 2.82. The lowest BCUT2D eigenvalue weighted by Gasteiger charge is -2.11. The molecule has 14 heavy (non-hydrogen) atoms. The van der Waals surface area contributed by atoms with Crippen molar-refractivity contribution >= 4 is 0 Å². The summed E-state index contributed by atoms with van der Waals surface area (Å²) in [6, 6.07) is 5.50. The van der Waals surface area contributed by atoms with E-state index < -0.39 is 0 Å². The molecule has 76 valence electrons. The van der Waals surface area contributed by atoms with Crippen LogP contribution in [0.4, 0.5) is 4.39 Å². The van der Waals surface area contributed by atoms with Crippen LogP contribution in [0.2, 0.25) is 0 Å². The van der Waals surface area contributed by atoms with E-state index in [2.05, 4.69) is 12.2 Å². The van der Waals surface area contributed by atoms with Gasteiger partial charge in [-0.05, 0) is 36.6 Å². The fraction of sp³-hybridized carbons (Fsp3) is 0.500. The molecule has 1 aromatic carbocycles. The molecular formula is C12H16FN. The van der Waals surface area contributed by atoms with E-state index >= 15 is 0 Å². The highest BCUT2D eigenvalue weighted by Gasteiger charge is 2.19. The molecule has 0 aliphatic carbocycles. The second-order valence-corrected chi connectivity index (χ2v) is 3.90. The largest absolute Gasteiger partial charge is 0.316 e. The molecule has 1 unspecified atom stereocenters. The highest BCUT2D eigenvalue weighted by Crippen LogP contribution is 2.25. The molecule has 2 heteroatoms. The first kappa shape index (κ1) is 9.66. The van der Waals surface area contributed by atoms with Crippen LogP contribution in [0.1, 0.15) is 30.4 Å². The molecule has 1 aliphatic rings.